The number of aromatic nitrogens is 1. The number of pyridine rings is 1. The topological polar surface area (TPSA) is 94.0 Å². The van der Waals surface area contributed by atoms with Crippen molar-refractivity contribution in [1.82, 2.24) is 4.98 Å². The van der Waals surface area contributed by atoms with Crippen molar-refractivity contribution in [2.75, 3.05) is 11.1 Å². The molecule has 1 amide bonds. The molecule has 0 fully saturated rings. The molecule has 0 radical (unpaired) electrons. The van der Waals surface area contributed by atoms with E-state index in [9.17, 15) is 4.79 Å². The number of rotatable bonds is 4. The second-order valence-electron chi connectivity index (χ2n) is 4.25. The number of hydrogen-bond acceptors (Lipinski definition) is 4. The number of hydrogen-bond donors (Lipinski definition) is 3. The van der Waals surface area contributed by atoms with Crippen LogP contribution in [0.4, 0.5) is 11.4 Å². The first-order valence-corrected chi connectivity index (χ1v) is 5.92. The molecule has 0 unspecified atom stereocenters. The Morgan fingerprint density at radius 1 is 1.26 bits per heavy atom. The molecule has 2 aromatic rings. The molecule has 0 bridgehead atoms. The molecule has 5 N–H and O–H groups in total. The molecular formula is C14H16N4O. The number of primary amides is 1. The van der Waals surface area contributed by atoms with Crippen LogP contribution in [0.2, 0.25) is 0 Å². The molecule has 1 aromatic carbocycles. The summed E-state index contributed by atoms with van der Waals surface area (Å²) in [5, 5.41) is 3.16. The lowest BCUT2D eigenvalue weighted by Crippen LogP contribution is -2.15. The minimum absolute atomic E-state index is 0.321. The summed E-state index contributed by atoms with van der Waals surface area (Å²) in [7, 11) is 0. The second kappa shape index (κ2) is 5.39. The average molecular weight is 256 g/mol. The van der Waals surface area contributed by atoms with Gasteiger partial charge in [0.2, 0.25) is 0 Å². The Kier molecular flexibility index (Phi) is 3.66. The summed E-state index contributed by atoms with van der Waals surface area (Å²) in [6, 6.07) is 11.0. The van der Waals surface area contributed by atoms with Crippen LogP contribution in [0.15, 0.2) is 36.4 Å². The fourth-order valence-electron chi connectivity index (χ4n) is 1.82. The highest BCUT2D eigenvalue weighted by Crippen LogP contribution is 2.22. The quantitative estimate of drug-likeness (QED) is 0.725. The number of carbonyl (C=O) groups excluding carboxylic acids is 1. The number of para-hydroxylation sites is 1. The number of anilines is 2. The van der Waals surface area contributed by atoms with Crippen LogP contribution in [0, 0.1) is 6.92 Å². The molecule has 2 rings (SSSR count). The highest BCUT2D eigenvalue weighted by Gasteiger charge is 2.09. The number of amides is 1. The Morgan fingerprint density at radius 3 is 2.68 bits per heavy atom. The third kappa shape index (κ3) is 3.01. The van der Waals surface area contributed by atoms with Crippen LogP contribution in [0.1, 0.15) is 21.7 Å². The number of nitrogens with one attached hydrogen (secondary N) is 1. The van der Waals surface area contributed by atoms with Gasteiger partial charge in [-0.25, -0.2) is 0 Å². The summed E-state index contributed by atoms with van der Waals surface area (Å²) in [5.74, 6) is -0.533. The number of nitrogens with two attached hydrogens (primary N) is 2. The zero-order valence-corrected chi connectivity index (χ0v) is 10.7. The van der Waals surface area contributed by atoms with Crippen molar-refractivity contribution in [3.05, 3.63) is 53.3 Å². The zero-order chi connectivity index (χ0) is 13.8. The van der Waals surface area contributed by atoms with E-state index in [1.54, 1.807) is 18.2 Å². The van der Waals surface area contributed by atoms with Gasteiger partial charge in [0.25, 0.3) is 5.91 Å². The predicted octanol–water partition coefficient (Wildman–Crippen LogP) is 1.68. The van der Waals surface area contributed by atoms with E-state index in [1.807, 2.05) is 25.1 Å². The molecule has 1 aromatic heterocycles. The summed E-state index contributed by atoms with van der Waals surface area (Å²) in [6.45, 7) is 2.47. The van der Waals surface area contributed by atoms with Gasteiger partial charge in [0, 0.05) is 5.69 Å². The fraction of sp³-hybridized carbons (Fsp3) is 0.143. The summed E-state index contributed by atoms with van der Waals surface area (Å²) < 4.78 is 0. The highest BCUT2D eigenvalue weighted by atomic mass is 16.1. The van der Waals surface area contributed by atoms with Crippen LogP contribution >= 0.6 is 0 Å². The van der Waals surface area contributed by atoms with Gasteiger partial charge in [0.15, 0.2) is 0 Å². The summed E-state index contributed by atoms with van der Waals surface area (Å²) in [5.41, 5.74) is 14.4. The van der Waals surface area contributed by atoms with Crippen molar-refractivity contribution < 1.29 is 4.79 Å². The Bertz CT molecular complexity index is 610. The first-order chi connectivity index (χ1) is 9.08. The van der Waals surface area contributed by atoms with Gasteiger partial charge < -0.3 is 16.8 Å². The van der Waals surface area contributed by atoms with E-state index in [4.69, 9.17) is 11.5 Å². The maximum Gasteiger partial charge on any atom is 0.250 e. The number of aryl methyl sites for hydroxylation is 1. The van der Waals surface area contributed by atoms with Crippen molar-refractivity contribution in [3.8, 4) is 0 Å². The third-order valence-corrected chi connectivity index (χ3v) is 2.78. The third-order valence-electron chi connectivity index (χ3n) is 2.78. The number of nitrogens with zero attached hydrogens (tertiary/aromatic N) is 1. The normalized spacial score (nSPS) is 10.2. The molecule has 0 atom stereocenters. The standard InChI is InChI=1S/C14H16N4O/c1-9-4-2-5-10(18-9)8-17-12-7-3-6-11(13(12)15)14(16)19/h2-7,17H,8,15H2,1H3,(H2,16,19). The minimum atomic E-state index is -0.533. The molecule has 0 spiro atoms. The van der Waals surface area contributed by atoms with Crippen LogP contribution in [0.25, 0.3) is 0 Å². The van der Waals surface area contributed by atoms with Crippen LogP contribution in [-0.4, -0.2) is 10.9 Å². The van der Waals surface area contributed by atoms with Gasteiger partial charge in [-0.1, -0.05) is 12.1 Å². The minimum Gasteiger partial charge on any atom is -0.396 e. The largest absolute Gasteiger partial charge is 0.396 e. The van der Waals surface area contributed by atoms with Gasteiger partial charge in [-0.3, -0.25) is 9.78 Å². The fourth-order valence-corrected chi connectivity index (χ4v) is 1.82. The van der Waals surface area contributed by atoms with Crippen LogP contribution in [-0.2, 0) is 6.54 Å². The molecule has 1 heterocycles. The van der Waals surface area contributed by atoms with Gasteiger partial charge >= 0.3 is 0 Å². The van der Waals surface area contributed by atoms with Gasteiger partial charge in [-0.2, -0.15) is 0 Å². The second-order valence-corrected chi connectivity index (χ2v) is 4.25. The predicted molar refractivity (Wildman–Crippen MR) is 75.7 cm³/mol. The van der Waals surface area contributed by atoms with Gasteiger partial charge in [0.05, 0.1) is 29.2 Å². The van der Waals surface area contributed by atoms with Crippen LogP contribution in [0.3, 0.4) is 0 Å². The maximum absolute atomic E-state index is 11.2. The first-order valence-electron chi connectivity index (χ1n) is 5.92. The SMILES string of the molecule is Cc1cccc(CNc2cccc(C(N)=O)c2N)n1. The summed E-state index contributed by atoms with van der Waals surface area (Å²) in [4.78, 5) is 15.6. The van der Waals surface area contributed by atoms with E-state index >= 15 is 0 Å². The van der Waals surface area contributed by atoms with Gasteiger partial charge in [0.1, 0.15) is 0 Å². The van der Waals surface area contributed by atoms with Crippen LogP contribution in [0.5, 0.6) is 0 Å². The Labute approximate surface area is 111 Å². The average Bonchev–Trinajstić information content (AvgIpc) is 2.37. The molecule has 0 aliphatic carbocycles. The van der Waals surface area contributed by atoms with Crippen molar-refractivity contribution >= 4 is 17.3 Å². The summed E-state index contributed by atoms with van der Waals surface area (Å²) >= 11 is 0. The van der Waals surface area contributed by atoms with Crippen LogP contribution < -0.4 is 16.8 Å². The van der Waals surface area contributed by atoms with E-state index in [2.05, 4.69) is 10.3 Å². The monoisotopic (exact) mass is 256 g/mol. The van der Waals surface area contributed by atoms with Crippen molar-refractivity contribution in [3.63, 3.8) is 0 Å². The lowest BCUT2D eigenvalue weighted by Gasteiger charge is -2.11. The smallest absolute Gasteiger partial charge is 0.250 e. The van der Waals surface area contributed by atoms with Gasteiger partial charge in [-0.15, -0.1) is 0 Å². The van der Waals surface area contributed by atoms with Crippen molar-refractivity contribution in [1.29, 1.82) is 0 Å². The molecule has 5 heteroatoms. The molecular weight excluding hydrogens is 240 g/mol. The van der Waals surface area contributed by atoms with Crippen molar-refractivity contribution in [2.45, 2.75) is 13.5 Å². The zero-order valence-electron chi connectivity index (χ0n) is 10.7. The summed E-state index contributed by atoms with van der Waals surface area (Å²) in [6.07, 6.45) is 0. The highest BCUT2D eigenvalue weighted by molar-refractivity contribution is 6.00. The van der Waals surface area contributed by atoms with Gasteiger partial charge in [-0.05, 0) is 31.2 Å². The van der Waals surface area contributed by atoms with E-state index in [1.165, 1.54) is 0 Å². The Balaban J connectivity index is 2.16. The Hall–Kier alpha value is -2.56. The molecule has 98 valence electrons. The number of nitrogen functional groups attached to an aromatic ring is 1. The molecule has 0 aliphatic rings. The lowest BCUT2D eigenvalue weighted by molar-refractivity contribution is 0.100. The van der Waals surface area contributed by atoms with E-state index < -0.39 is 5.91 Å². The molecule has 0 aliphatic heterocycles. The molecule has 0 saturated carbocycles. The molecule has 0 saturated heterocycles. The first kappa shape index (κ1) is 12.9. The number of benzene rings is 1. The van der Waals surface area contributed by atoms with Crippen molar-refractivity contribution in [2.24, 2.45) is 5.73 Å². The van der Waals surface area contributed by atoms with E-state index in [0.29, 0.717) is 23.5 Å². The molecule has 5 nitrogen and oxygen atoms in total. The molecule has 19 heavy (non-hydrogen) atoms. The van der Waals surface area contributed by atoms with E-state index in [-0.39, 0.29) is 0 Å². The number of carbonyl (C=O) groups is 1. The maximum atomic E-state index is 11.2. The Morgan fingerprint density at radius 2 is 2.00 bits per heavy atom. The van der Waals surface area contributed by atoms with E-state index in [0.717, 1.165) is 11.4 Å². The lowest BCUT2D eigenvalue weighted by atomic mass is 10.1.